The first-order valence-electron chi connectivity index (χ1n) is 4.68. The first-order chi connectivity index (χ1) is 6.29. The predicted molar refractivity (Wildman–Crippen MR) is 56.0 cm³/mol. The largest absolute Gasteiger partial charge is 0.240 e. The van der Waals surface area contributed by atoms with Crippen LogP contribution in [0.25, 0.3) is 5.52 Å². The van der Waals surface area contributed by atoms with E-state index in [9.17, 15) is 0 Å². The van der Waals surface area contributed by atoms with E-state index < -0.39 is 0 Å². The van der Waals surface area contributed by atoms with Crippen molar-refractivity contribution in [3.8, 4) is 0 Å². The van der Waals surface area contributed by atoms with Gasteiger partial charge in [0.15, 0.2) is 0 Å². The van der Waals surface area contributed by atoms with Crippen LogP contribution in [0.1, 0.15) is 25.0 Å². The monoisotopic (exact) mass is 176 g/mol. The molecule has 2 heteroatoms. The van der Waals surface area contributed by atoms with Gasteiger partial charge >= 0.3 is 0 Å². The van der Waals surface area contributed by atoms with Crippen LogP contribution < -0.4 is 0 Å². The predicted octanol–water partition coefficient (Wildman–Crippen LogP) is 2.98. The van der Waals surface area contributed by atoms with Gasteiger partial charge in [0.05, 0.1) is 11.7 Å². The van der Waals surface area contributed by atoms with Crippen LogP contribution in [0.5, 0.6) is 0 Å². The number of pyridine rings is 1. The molecule has 0 aliphatic carbocycles. The minimum absolute atomic E-state index is 1.23. The first kappa shape index (κ1) is 9.78. The molecule has 2 aromatic heterocycles. The van der Waals surface area contributed by atoms with Crippen molar-refractivity contribution in [3.05, 3.63) is 35.7 Å². The lowest BCUT2D eigenvalue weighted by Crippen LogP contribution is -1.87. The maximum atomic E-state index is 4.20. The maximum Gasteiger partial charge on any atom is 0.0719 e. The highest BCUT2D eigenvalue weighted by Gasteiger charge is 1.99. The van der Waals surface area contributed by atoms with Gasteiger partial charge in [-0.15, -0.1) is 0 Å². The summed E-state index contributed by atoms with van der Waals surface area (Å²) in [5, 5.41) is 4.20. The zero-order chi connectivity index (χ0) is 9.84. The molecular formula is C11H16N2. The molecule has 0 fully saturated rings. The molecule has 0 atom stereocenters. The summed E-state index contributed by atoms with van der Waals surface area (Å²) >= 11 is 0. The van der Waals surface area contributed by atoms with Crippen molar-refractivity contribution >= 4 is 5.52 Å². The van der Waals surface area contributed by atoms with Gasteiger partial charge in [-0.05, 0) is 31.0 Å². The lowest BCUT2D eigenvalue weighted by molar-refractivity contribution is 0.956. The normalized spacial score (nSPS) is 9.54. The Morgan fingerprint density at radius 3 is 2.46 bits per heavy atom. The third-order valence-electron chi connectivity index (χ3n) is 1.93. The van der Waals surface area contributed by atoms with Gasteiger partial charge in [0.25, 0.3) is 0 Å². The molecule has 0 radical (unpaired) electrons. The Balaban J connectivity index is 0.000000396. The lowest BCUT2D eigenvalue weighted by atomic mass is 10.2. The van der Waals surface area contributed by atoms with Gasteiger partial charge in [-0.1, -0.05) is 19.9 Å². The van der Waals surface area contributed by atoms with Crippen LogP contribution >= 0.6 is 0 Å². The first-order valence-corrected chi connectivity index (χ1v) is 4.68. The third kappa shape index (κ3) is 1.72. The van der Waals surface area contributed by atoms with E-state index in [0.29, 0.717) is 0 Å². The fourth-order valence-electron chi connectivity index (χ4n) is 1.40. The van der Waals surface area contributed by atoms with Gasteiger partial charge in [-0.2, -0.15) is 5.10 Å². The molecule has 2 heterocycles. The molecule has 2 rings (SSSR count). The molecule has 0 aromatic carbocycles. The molecule has 0 spiro atoms. The van der Waals surface area contributed by atoms with Gasteiger partial charge in [0.1, 0.15) is 0 Å². The topological polar surface area (TPSA) is 17.3 Å². The number of aryl methyl sites for hydroxylation is 2. The molecule has 2 aromatic rings. The third-order valence-corrected chi connectivity index (χ3v) is 1.93. The summed E-state index contributed by atoms with van der Waals surface area (Å²) in [7, 11) is 0. The van der Waals surface area contributed by atoms with Crippen molar-refractivity contribution in [2.45, 2.75) is 27.7 Å². The Bertz CT molecular complexity index is 388. The number of hydrogen-bond acceptors (Lipinski definition) is 1. The molecule has 0 aliphatic rings. The standard InChI is InChI=1S/C9H10N2.C2H6/c1-7-4-3-5-11-9(7)8(2)6-10-11;1-2/h3-6H,1-2H3;1-2H3. The van der Waals surface area contributed by atoms with E-state index in [1.807, 2.05) is 36.8 Å². The summed E-state index contributed by atoms with van der Waals surface area (Å²) in [6.07, 6.45) is 3.86. The average Bonchev–Trinajstić information content (AvgIpc) is 2.53. The zero-order valence-corrected chi connectivity index (χ0v) is 8.70. The second-order valence-corrected chi connectivity index (χ2v) is 2.81. The van der Waals surface area contributed by atoms with Crippen molar-refractivity contribution in [3.63, 3.8) is 0 Å². The van der Waals surface area contributed by atoms with Gasteiger partial charge in [-0.25, -0.2) is 4.52 Å². The summed E-state index contributed by atoms with van der Waals surface area (Å²) in [5.41, 5.74) is 3.75. The molecule has 0 saturated carbocycles. The summed E-state index contributed by atoms with van der Waals surface area (Å²) in [5.74, 6) is 0. The smallest absolute Gasteiger partial charge is 0.0719 e. The molecule has 13 heavy (non-hydrogen) atoms. The Kier molecular flexibility index (Phi) is 3.07. The van der Waals surface area contributed by atoms with Crippen molar-refractivity contribution in [2.24, 2.45) is 0 Å². The van der Waals surface area contributed by atoms with Crippen molar-refractivity contribution in [1.82, 2.24) is 9.61 Å². The fourth-order valence-corrected chi connectivity index (χ4v) is 1.40. The van der Waals surface area contributed by atoms with Crippen LogP contribution in [0.4, 0.5) is 0 Å². The van der Waals surface area contributed by atoms with Crippen LogP contribution in [0.2, 0.25) is 0 Å². The quantitative estimate of drug-likeness (QED) is 0.603. The van der Waals surface area contributed by atoms with Gasteiger partial charge in [0, 0.05) is 6.20 Å². The maximum absolute atomic E-state index is 4.20. The molecule has 0 aliphatic heterocycles. The minimum Gasteiger partial charge on any atom is -0.240 e. The summed E-state index contributed by atoms with van der Waals surface area (Å²) in [6.45, 7) is 8.18. The molecule has 0 unspecified atom stereocenters. The molecular weight excluding hydrogens is 160 g/mol. The van der Waals surface area contributed by atoms with Crippen LogP contribution in [0.3, 0.4) is 0 Å². The van der Waals surface area contributed by atoms with Crippen LogP contribution in [0, 0.1) is 13.8 Å². The average molecular weight is 176 g/mol. The Morgan fingerprint density at radius 1 is 1.15 bits per heavy atom. The SMILES string of the molecule is CC.Cc1cccn2ncc(C)c12. The summed E-state index contributed by atoms with van der Waals surface area (Å²) < 4.78 is 1.91. The van der Waals surface area contributed by atoms with Gasteiger partial charge in [-0.3, -0.25) is 0 Å². The van der Waals surface area contributed by atoms with E-state index in [0.717, 1.165) is 0 Å². The van der Waals surface area contributed by atoms with Crippen molar-refractivity contribution in [2.75, 3.05) is 0 Å². The number of aromatic nitrogens is 2. The van der Waals surface area contributed by atoms with Crippen LogP contribution in [-0.4, -0.2) is 9.61 Å². The summed E-state index contributed by atoms with van der Waals surface area (Å²) in [4.78, 5) is 0. The second kappa shape index (κ2) is 4.08. The molecule has 0 saturated heterocycles. The van der Waals surface area contributed by atoms with E-state index in [1.54, 1.807) is 0 Å². The highest BCUT2D eigenvalue weighted by molar-refractivity contribution is 5.58. The van der Waals surface area contributed by atoms with Crippen LogP contribution in [-0.2, 0) is 0 Å². The molecule has 70 valence electrons. The van der Waals surface area contributed by atoms with E-state index >= 15 is 0 Å². The highest BCUT2D eigenvalue weighted by atomic mass is 15.2. The van der Waals surface area contributed by atoms with Crippen molar-refractivity contribution < 1.29 is 0 Å². The van der Waals surface area contributed by atoms with E-state index in [2.05, 4.69) is 25.0 Å². The molecule has 0 amide bonds. The Morgan fingerprint density at radius 2 is 1.85 bits per heavy atom. The Hall–Kier alpha value is -1.31. The number of fused-ring (bicyclic) bond motifs is 1. The van der Waals surface area contributed by atoms with E-state index in [1.165, 1.54) is 16.6 Å². The number of nitrogens with zero attached hydrogens (tertiary/aromatic N) is 2. The summed E-state index contributed by atoms with van der Waals surface area (Å²) in [6, 6.07) is 4.11. The minimum atomic E-state index is 1.23. The van der Waals surface area contributed by atoms with E-state index in [4.69, 9.17) is 0 Å². The lowest BCUT2D eigenvalue weighted by Gasteiger charge is -1.96. The Labute approximate surface area is 79.2 Å². The molecule has 0 bridgehead atoms. The molecule has 0 N–H and O–H groups in total. The fraction of sp³-hybridized carbons (Fsp3) is 0.364. The van der Waals surface area contributed by atoms with Gasteiger partial charge in [0.2, 0.25) is 0 Å². The van der Waals surface area contributed by atoms with Gasteiger partial charge < -0.3 is 0 Å². The van der Waals surface area contributed by atoms with E-state index in [-0.39, 0.29) is 0 Å². The highest BCUT2D eigenvalue weighted by Crippen LogP contribution is 2.12. The molecule has 2 nitrogen and oxygen atoms in total. The second-order valence-electron chi connectivity index (χ2n) is 2.81. The van der Waals surface area contributed by atoms with Crippen molar-refractivity contribution in [1.29, 1.82) is 0 Å². The number of hydrogen-bond donors (Lipinski definition) is 0. The zero-order valence-electron chi connectivity index (χ0n) is 8.70. The van der Waals surface area contributed by atoms with Crippen LogP contribution in [0.15, 0.2) is 24.5 Å². The number of rotatable bonds is 0.